The minimum absolute atomic E-state index is 0. The normalized spacial score (nSPS) is 9.92. The minimum Gasteiger partial charge on any atom is -0.0958 e. The second kappa shape index (κ2) is 12.9. The van der Waals surface area contributed by atoms with E-state index in [0.29, 0.717) is 0 Å². The summed E-state index contributed by atoms with van der Waals surface area (Å²) in [6.45, 7) is 13.9. The summed E-state index contributed by atoms with van der Waals surface area (Å²) in [6, 6.07) is 0. The van der Waals surface area contributed by atoms with Gasteiger partial charge >= 0.3 is 0 Å². The van der Waals surface area contributed by atoms with Gasteiger partial charge < -0.3 is 0 Å². The van der Waals surface area contributed by atoms with Gasteiger partial charge in [-0.15, -0.1) is 0 Å². The van der Waals surface area contributed by atoms with Gasteiger partial charge in [-0.2, -0.15) is 0 Å². The van der Waals surface area contributed by atoms with Gasteiger partial charge in [0.15, 0.2) is 0 Å². The lowest BCUT2D eigenvalue weighted by molar-refractivity contribution is 1.36. The van der Waals surface area contributed by atoms with E-state index >= 15 is 0 Å². The van der Waals surface area contributed by atoms with E-state index in [1.807, 2.05) is 39.8 Å². The Balaban J connectivity index is -0.000000249. The number of hydrogen-bond donors (Lipinski definition) is 0. The molecule has 0 rings (SSSR count). The Kier molecular flexibility index (Phi) is 18.6. The van der Waals surface area contributed by atoms with E-state index in [0.717, 1.165) is 5.57 Å². The van der Waals surface area contributed by atoms with Crippen LogP contribution in [-0.4, -0.2) is 0 Å². The highest BCUT2D eigenvalue weighted by Gasteiger charge is 1.83. The van der Waals surface area contributed by atoms with Crippen LogP contribution in [0.2, 0.25) is 0 Å². The number of rotatable bonds is 2. The van der Waals surface area contributed by atoms with Crippen LogP contribution in [0.25, 0.3) is 0 Å². The highest BCUT2D eigenvalue weighted by atomic mass is 13.9. The Morgan fingerprint density at radius 2 is 1.58 bits per heavy atom. The quantitative estimate of drug-likeness (QED) is 0.522. The Hall–Kier alpha value is -0.780. The van der Waals surface area contributed by atoms with Crippen molar-refractivity contribution in [3.63, 3.8) is 0 Å². The minimum atomic E-state index is 0. The molecule has 0 N–H and O–H groups in total. The van der Waals surface area contributed by atoms with E-state index in [1.54, 1.807) is 0 Å². The van der Waals surface area contributed by atoms with E-state index in [9.17, 15) is 0 Å². The van der Waals surface area contributed by atoms with Gasteiger partial charge in [0.2, 0.25) is 0 Å². The van der Waals surface area contributed by atoms with E-state index < -0.39 is 0 Å². The van der Waals surface area contributed by atoms with E-state index in [2.05, 4.69) is 19.6 Å². The standard InChI is InChI=1S/C9H14.C2H6.CH4/c1-5-6-7-9(4)8(2)3;1-2;/h5-7H,2H2,1,3-4H3;1-2H3;1H4/b6-5-,9-7-;;. The van der Waals surface area contributed by atoms with Crippen molar-refractivity contribution in [1.82, 2.24) is 0 Å². The van der Waals surface area contributed by atoms with E-state index in [4.69, 9.17) is 0 Å². The van der Waals surface area contributed by atoms with Gasteiger partial charge in [-0.05, 0) is 26.3 Å². The van der Waals surface area contributed by atoms with Gasteiger partial charge in [0.25, 0.3) is 0 Å². The molecule has 0 nitrogen and oxygen atoms in total. The molecule has 0 aliphatic rings. The second-order valence-electron chi connectivity index (χ2n) is 2.16. The maximum Gasteiger partial charge on any atom is -0.0395 e. The van der Waals surface area contributed by atoms with Crippen LogP contribution in [0.5, 0.6) is 0 Å². The van der Waals surface area contributed by atoms with Crippen molar-refractivity contribution in [1.29, 1.82) is 0 Å². The summed E-state index contributed by atoms with van der Waals surface area (Å²) in [4.78, 5) is 0. The summed E-state index contributed by atoms with van der Waals surface area (Å²) in [6.07, 6.45) is 6.08. The van der Waals surface area contributed by atoms with Crippen LogP contribution in [0.4, 0.5) is 0 Å². The zero-order chi connectivity index (χ0) is 9.28. The molecule has 0 aliphatic heterocycles. The van der Waals surface area contributed by atoms with E-state index in [1.165, 1.54) is 5.57 Å². The maximum absolute atomic E-state index is 3.81. The summed E-state index contributed by atoms with van der Waals surface area (Å²) >= 11 is 0. The monoisotopic (exact) mass is 168 g/mol. The fourth-order valence-electron chi connectivity index (χ4n) is 0.383. The van der Waals surface area contributed by atoms with Crippen LogP contribution >= 0.6 is 0 Å². The first kappa shape index (κ1) is 17.3. The van der Waals surface area contributed by atoms with Crippen molar-refractivity contribution in [3.8, 4) is 0 Å². The molecule has 0 amide bonds. The topological polar surface area (TPSA) is 0 Å². The summed E-state index contributed by atoms with van der Waals surface area (Å²) in [5.74, 6) is 0. The molecule has 72 valence electrons. The molecule has 0 spiro atoms. The third-order valence-corrected chi connectivity index (χ3v) is 1.21. The van der Waals surface area contributed by atoms with Gasteiger partial charge in [0, 0.05) is 0 Å². The van der Waals surface area contributed by atoms with Crippen LogP contribution in [0.15, 0.2) is 36.0 Å². The highest BCUT2D eigenvalue weighted by molar-refractivity contribution is 5.27. The van der Waals surface area contributed by atoms with Crippen molar-refractivity contribution in [3.05, 3.63) is 36.0 Å². The SMILES string of the molecule is C.C=C(C)/C(C)=C\C=C/C.CC. The lowest BCUT2D eigenvalue weighted by Gasteiger charge is -1.93. The Labute approximate surface area is 78.7 Å². The molecule has 0 aliphatic carbocycles. The average Bonchev–Trinajstić information content (AvgIpc) is 2.03. The molecular weight excluding hydrogens is 144 g/mol. The molecule has 0 saturated carbocycles. The molecule has 0 heterocycles. The zero-order valence-corrected chi connectivity index (χ0v) is 8.44. The van der Waals surface area contributed by atoms with Crippen molar-refractivity contribution < 1.29 is 0 Å². The second-order valence-corrected chi connectivity index (χ2v) is 2.16. The molecule has 0 atom stereocenters. The summed E-state index contributed by atoms with van der Waals surface area (Å²) in [7, 11) is 0. The Bertz CT molecular complexity index is 147. The number of hydrogen-bond acceptors (Lipinski definition) is 0. The Morgan fingerprint density at radius 1 is 1.17 bits per heavy atom. The molecule has 12 heavy (non-hydrogen) atoms. The molecule has 0 bridgehead atoms. The first-order chi connectivity index (χ1) is 5.18. The van der Waals surface area contributed by atoms with Gasteiger partial charge in [0.1, 0.15) is 0 Å². The predicted molar refractivity (Wildman–Crippen MR) is 61.5 cm³/mol. The van der Waals surface area contributed by atoms with E-state index in [-0.39, 0.29) is 7.43 Å². The maximum atomic E-state index is 3.81. The van der Waals surface area contributed by atoms with Crippen LogP contribution in [0, 0.1) is 0 Å². The molecule has 0 unspecified atom stereocenters. The van der Waals surface area contributed by atoms with Crippen LogP contribution in [-0.2, 0) is 0 Å². The predicted octanol–water partition coefficient (Wildman–Crippen LogP) is 4.75. The highest BCUT2D eigenvalue weighted by Crippen LogP contribution is 2.03. The van der Waals surface area contributed by atoms with Gasteiger partial charge in [-0.3, -0.25) is 0 Å². The first-order valence-electron chi connectivity index (χ1n) is 4.14. The summed E-state index contributed by atoms with van der Waals surface area (Å²) in [5.41, 5.74) is 2.38. The molecule has 0 saturated heterocycles. The number of allylic oxidation sites excluding steroid dienone is 5. The molecular formula is C12H24. The largest absolute Gasteiger partial charge is 0.0958 e. The lowest BCUT2D eigenvalue weighted by atomic mass is 10.1. The summed E-state index contributed by atoms with van der Waals surface area (Å²) in [5, 5.41) is 0. The molecule has 0 aromatic rings. The Morgan fingerprint density at radius 3 is 1.83 bits per heavy atom. The van der Waals surface area contributed by atoms with Gasteiger partial charge in [-0.25, -0.2) is 0 Å². The van der Waals surface area contributed by atoms with Crippen molar-refractivity contribution >= 4 is 0 Å². The van der Waals surface area contributed by atoms with Crippen LogP contribution in [0.3, 0.4) is 0 Å². The third-order valence-electron chi connectivity index (χ3n) is 1.21. The molecule has 0 fully saturated rings. The third kappa shape index (κ3) is 12.0. The van der Waals surface area contributed by atoms with Crippen molar-refractivity contribution in [2.24, 2.45) is 0 Å². The molecule has 0 aromatic carbocycles. The lowest BCUT2D eigenvalue weighted by Crippen LogP contribution is -1.72. The van der Waals surface area contributed by atoms with Gasteiger partial charge in [0.05, 0.1) is 0 Å². The molecule has 0 aromatic heterocycles. The smallest absolute Gasteiger partial charge is 0.0395 e. The van der Waals surface area contributed by atoms with Crippen molar-refractivity contribution in [2.45, 2.75) is 42.0 Å². The van der Waals surface area contributed by atoms with Crippen LogP contribution in [0.1, 0.15) is 42.0 Å². The fraction of sp³-hybridized carbons (Fsp3) is 0.500. The molecule has 0 heteroatoms. The first-order valence-corrected chi connectivity index (χ1v) is 4.14. The fourth-order valence-corrected chi connectivity index (χ4v) is 0.383. The van der Waals surface area contributed by atoms with Crippen LogP contribution < -0.4 is 0 Å². The zero-order valence-electron chi connectivity index (χ0n) is 8.44. The average molecular weight is 168 g/mol. The van der Waals surface area contributed by atoms with Gasteiger partial charge in [-0.1, -0.05) is 51.7 Å². The van der Waals surface area contributed by atoms with Crippen molar-refractivity contribution in [2.75, 3.05) is 0 Å². The summed E-state index contributed by atoms with van der Waals surface area (Å²) < 4.78 is 0. The molecule has 0 radical (unpaired) electrons.